The number of hydrogen-bond acceptors (Lipinski definition) is 4. The van der Waals surface area contributed by atoms with E-state index in [4.69, 9.17) is 0 Å². The van der Waals surface area contributed by atoms with E-state index in [9.17, 15) is 49.9 Å². The lowest BCUT2D eigenvalue weighted by Crippen LogP contribution is -2.51. The van der Waals surface area contributed by atoms with E-state index in [1.165, 1.54) is 37.2 Å². The maximum Gasteiger partial charge on any atom is 0.416 e. The molecule has 2 saturated heterocycles. The first-order valence-corrected chi connectivity index (χ1v) is 13.7. The Hall–Kier alpha value is -3.97. The molecule has 7 nitrogen and oxygen atoms in total. The minimum atomic E-state index is -5.05. The molecule has 2 aromatic rings. The number of piperidine rings is 2. The molecule has 2 atom stereocenters. The third-order valence-corrected chi connectivity index (χ3v) is 8.26. The highest BCUT2D eigenvalue weighted by molar-refractivity contribution is 6.01. The summed E-state index contributed by atoms with van der Waals surface area (Å²) in [4.78, 5) is 55.0. The average molecular weight is 630 g/mol. The summed E-state index contributed by atoms with van der Waals surface area (Å²) in [5.74, 6) is -5.03. The van der Waals surface area contributed by atoms with Crippen LogP contribution in [-0.4, -0.2) is 65.5 Å². The fourth-order valence-electron chi connectivity index (χ4n) is 5.90. The van der Waals surface area contributed by atoms with E-state index in [0.29, 0.717) is 23.3 Å². The summed E-state index contributed by atoms with van der Waals surface area (Å²) in [5, 5.41) is 0. The molecule has 2 aromatic carbocycles. The number of likely N-dealkylation sites (tertiary alicyclic amines) is 2. The summed E-state index contributed by atoms with van der Waals surface area (Å²) < 4.78 is 94.2. The van der Waals surface area contributed by atoms with E-state index in [2.05, 4.69) is 0 Å². The van der Waals surface area contributed by atoms with Crippen LogP contribution in [-0.2, 0) is 38.1 Å². The molecule has 14 heteroatoms. The predicted molar refractivity (Wildman–Crippen MR) is 142 cm³/mol. The van der Waals surface area contributed by atoms with Crippen LogP contribution < -0.4 is 0 Å². The van der Waals surface area contributed by atoms with E-state index >= 15 is 0 Å². The Labute approximate surface area is 248 Å². The molecule has 0 radical (unpaired) electrons. The minimum absolute atomic E-state index is 0.0108. The fourth-order valence-corrected chi connectivity index (χ4v) is 5.90. The van der Waals surface area contributed by atoms with E-state index < -0.39 is 77.2 Å². The van der Waals surface area contributed by atoms with Gasteiger partial charge in [-0.25, -0.2) is 4.39 Å². The van der Waals surface area contributed by atoms with Gasteiger partial charge in [-0.3, -0.25) is 24.1 Å². The third-order valence-electron chi connectivity index (χ3n) is 8.26. The summed E-state index contributed by atoms with van der Waals surface area (Å²) in [6.45, 7) is 1.07. The van der Waals surface area contributed by atoms with E-state index in [1.807, 2.05) is 0 Å². The maximum atomic E-state index is 14.0. The Morgan fingerprint density at radius 1 is 0.932 bits per heavy atom. The number of imide groups is 1. The van der Waals surface area contributed by atoms with Crippen LogP contribution in [0.3, 0.4) is 0 Å². The topological polar surface area (TPSA) is 78.0 Å². The van der Waals surface area contributed by atoms with Crippen molar-refractivity contribution in [3.8, 4) is 0 Å². The number of amides is 4. The van der Waals surface area contributed by atoms with Crippen molar-refractivity contribution in [1.82, 2.24) is 14.7 Å². The minimum Gasteiger partial charge on any atom is -0.342 e. The van der Waals surface area contributed by atoms with Crippen molar-refractivity contribution in [3.05, 3.63) is 70.0 Å². The molecule has 0 saturated carbocycles. The Morgan fingerprint density at radius 3 is 2.02 bits per heavy atom. The lowest BCUT2D eigenvalue weighted by atomic mass is 9.77. The van der Waals surface area contributed by atoms with Crippen molar-refractivity contribution in [2.45, 2.75) is 51.0 Å². The molecule has 0 bridgehead atoms. The maximum absolute atomic E-state index is 14.0. The zero-order valence-electron chi connectivity index (χ0n) is 24.1. The van der Waals surface area contributed by atoms with Gasteiger partial charge in [0.15, 0.2) is 0 Å². The summed E-state index contributed by atoms with van der Waals surface area (Å²) in [6, 6.07) is 5.03. The molecule has 2 aliphatic rings. The highest BCUT2D eigenvalue weighted by Gasteiger charge is 2.43. The number of nitrogens with zero attached hydrogens (tertiary/aromatic N) is 3. The molecule has 0 aromatic heterocycles. The SMILES string of the molecule is Cc1cc(F)ccc1[C@@H]1CN(C(=O)C2CC(=O)N(C)C(=O)C2)CC[C@H]1C(=O)N(C)Cc1cc(C(F)(F)F)cc(C(F)(F)F)c1. The van der Waals surface area contributed by atoms with Crippen molar-refractivity contribution in [2.24, 2.45) is 11.8 Å². The van der Waals surface area contributed by atoms with Gasteiger partial charge in [0.25, 0.3) is 0 Å². The normalized spacial score (nSPS) is 20.2. The number of rotatable bonds is 5. The summed E-state index contributed by atoms with van der Waals surface area (Å²) in [7, 11) is 2.59. The second-order valence-corrected chi connectivity index (χ2v) is 11.3. The van der Waals surface area contributed by atoms with Gasteiger partial charge in [-0.15, -0.1) is 0 Å². The molecule has 0 spiro atoms. The number of aryl methyl sites for hydroxylation is 1. The second kappa shape index (κ2) is 12.2. The van der Waals surface area contributed by atoms with E-state index in [-0.39, 0.29) is 44.0 Å². The zero-order chi connectivity index (χ0) is 32.7. The van der Waals surface area contributed by atoms with Crippen molar-refractivity contribution in [1.29, 1.82) is 0 Å². The Bertz CT molecular complexity index is 1420. The number of halogens is 7. The standard InChI is InChI=1S/C30H30F7N3O4/c1-16-8-21(31)4-5-22(16)24-15-40(27(43)18-11-25(41)39(3)26(42)12-18)7-6-23(24)28(44)38(2)14-17-9-19(29(32,33)34)13-20(10-17)30(35,36)37/h4-5,8-10,13,18,23-24H,6-7,11-12,14-15H2,1-3H3/t23-,24+/m1/s1. The number of carbonyl (C=O) groups is 4. The number of carbonyl (C=O) groups excluding carboxylic acids is 4. The molecule has 0 unspecified atom stereocenters. The van der Waals surface area contributed by atoms with Crippen molar-refractivity contribution in [2.75, 3.05) is 27.2 Å². The van der Waals surface area contributed by atoms with Gasteiger partial charge in [0, 0.05) is 58.4 Å². The van der Waals surface area contributed by atoms with Gasteiger partial charge >= 0.3 is 12.4 Å². The first kappa shape index (κ1) is 32.9. The smallest absolute Gasteiger partial charge is 0.342 e. The zero-order valence-corrected chi connectivity index (χ0v) is 24.1. The average Bonchev–Trinajstić information content (AvgIpc) is 2.93. The van der Waals surface area contributed by atoms with Crippen LogP contribution >= 0.6 is 0 Å². The lowest BCUT2D eigenvalue weighted by molar-refractivity contribution is -0.155. The van der Waals surface area contributed by atoms with Crippen LogP contribution in [0.5, 0.6) is 0 Å². The fraction of sp³-hybridized carbons (Fsp3) is 0.467. The molecule has 238 valence electrons. The monoisotopic (exact) mass is 629 g/mol. The van der Waals surface area contributed by atoms with Gasteiger partial charge in [0.05, 0.1) is 17.0 Å². The van der Waals surface area contributed by atoms with Crippen LogP contribution in [0, 0.1) is 24.6 Å². The Morgan fingerprint density at radius 2 is 1.50 bits per heavy atom. The summed E-state index contributed by atoms with van der Waals surface area (Å²) >= 11 is 0. The molecule has 2 fully saturated rings. The van der Waals surface area contributed by atoms with Crippen molar-refractivity contribution < 1.29 is 49.9 Å². The van der Waals surface area contributed by atoms with Gasteiger partial charge in [0.1, 0.15) is 5.82 Å². The molecule has 4 amide bonds. The summed E-state index contributed by atoms with van der Waals surface area (Å²) in [5.41, 5.74) is -2.37. The molecule has 4 rings (SSSR count). The predicted octanol–water partition coefficient (Wildman–Crippen LogP) is 5.16. The van der Waals surface area contributed by atoms with Crippen LogP contribution in [0.2, 0.25) is 0 Å². The Kier molecular flexibility index (Phi) is 9.13. The molecule has 0 N–H and O–H groups in total. The number of hydrogen-bond donors (Lipinski definition) is 0. The molecule has 44 heavy (non-hydrogen) atoms. The molecule has 2 heterocycles. The Balaban J connectivity index is 1.61. The van der Waals surface area contributed by atoms with E-state index in [1.54, 1.807) is 6.92 Å². The molecule has 2 aliphatic heterocycles. The van der Waals surface area contributed by atoms with Crippen LogP contribution in [0.15, 0.2) is 36.4 Å². The number of alkyl halides is 6. The van der Waals surface area contributed by atoms with Crippen LogP contribution in [0.25, 0.3) is 0 Å². The quantitative estimate of drug-likeness (QED) is 0.339. The lowest BCUT2D eigenvalue weighted by Gasteiger charge is -2.41. The second-order valence-electron chi connectivity index (χ2n) is 11.3. The first-order chi connectivity index (χ1) is 20.4. The van der Waals surface area contributed by atoms with Crippen LogP contribution in [0.4, 0.5) is 30.7 Å². The van der Waals surface area contributed by atoms with Gasteiger partial charge in [-0.05, 0) is 60.4 Å². The highest BCUT2D eigenvalue weighted by atomic mass is 19.4. The largest absolute Gasteiger partial charge is 0.416 e. The summed E-state index contributed by atoms with van der Waals surface area (Å²) in [6.07, 6.45) is -10.4. The van der Waals surface area contributed by atoms with Gasteiger partial charge in [-0.1, -0.05) is 6.07 Å². The molecular weight excluding hydrogens is 599 g/mol. The highest BCUT2D eigenvalue weighted by Crippen LogP contribution is 2.39. The molecular formula is C30H30F7N3O4. The van der Waals surface area contributed by atoms with Gasteiger partial charge < -0.3 is 9.80 Å². The van der Waals surface area contributed by atoms with Crippen molar-refractivity contribution >= 4 is 23.6 Å². The van der Waals surface area contributed by atoms with Crippen molar-refractivity contribution in [3.63, 3.8) is 0 Å². The van der Waals surface area contributed by atoms with Crippen LogP contribution in [0.1, 0.15) is 53.0 Å². The number of benzene rings is 2. The first-order valence-electron chi connectivity index (χ1n) is 13.7. The van der Waals surface area contributed by atoms with Gasteiger partial charge in [0.2, 0.25) is 23.6 Å². The van der Waals surface area contributed by atoms with E-state index in [0.717, 1.165) is 9.80 Å². The third kappa shape index (κ3) is 7.05. The molecule has 0 aliphatic carbocycles. The van der Waals surface area contributed by atoms with Gasteiger partial charge in [-0.2, -0.15) is 26.3 Å².